The smallest absolute Gasteiger partial charge is 0.225 e. The molecule has 0 radical (unpaired) electrons. The monoisotopic (exact) mass is 340 g/mol. The summed E-state index contributed by atoms with van der Waals surface area (Å²) in [6.45, 7) is 7.85. The maximum atomic E-state index is 12.9. The number of nitrogens with zero attached hydrogens (tertiary/aromatic N) is 2. The predicted octanol–water partition coefficient (Wildman–Crippen LogP) is 2.17. The average Bonchev–Trinajstić information content (AvgIpc) is 3.17. The highest BCUT2D eigenvalue weighted by Crippen LogP contribution is 2.28. The van der Waals surface area contributed by atoms with Crippen LogP contribution in [0, 0.1) is 12.8 Å². The van der Waals surface area contributed by atoms with Gasteiger partial charge in [-0.3, -0.25) is 9.48 Å². The van der Waals surface area contributed by atoms with Gasteiger partial charge in [-0.1, -0.05) is 24.3 Å². The van der Waals surface area contributed by atoms with Crippen molar-refractivity contribution in [3.05, 3.63) is 53.3 Å². The lowest BCUT2D eigenvalue weighted by Gasteiger charge is -2.30. The first-order valence-corrected chi connectivity index (χ1v) is 8.91. The topological polar surface area (TPSA) is 59.0 Å². The molecule has 0 unspecified atom stereocenters. The molecule has 0 spiro atoms. The molecule has 0 aliphatic carbocycles. The van der Waals surface area contributed by atoms with Crippen LogP contribution < -0.4 is 10.6 Å². The summed E-state index contributed by atoms with van der Waals surface area (Å²) in [5, 5.41) is 10.9. The van der Waals surface area contributed by atoms with Crippen LogP contribution in [-0.4, -0.2) is 34.3 Å². The molecule has 0 bridgehead atoms. The van der Waals surface area contributed by atoms with Crippen molar-refractivity contribution in [3.63, 3.8) is 0 Å². The zero-order chi connectivity index (χ0) is 18.0. The zero-order valence-electron chi connectivity index (χ0n) is 15.5. The summed E-state index contributed by atoms with van der Waals surface area (Å²) in [6, 6.07) is 8.36. The summed E-state index contributed by atoms with van der Waals surface area (Å²) in [5.74, 6) is 0.251. The normalized spacial score (nSPS) is 20.6. The Bertz CT molecular complexity index is 750. The van der Waals surface area contributed by atoms with Crippen LogP contribution in [0.2, 0.25) is 0 Å². The Balaban J connectivity index is 1.69. The fourth-order valence-electron chi connectivity index (χ4n) is 3.69. The van der Waals surface area contributed by atoms with Crippen molar-refractivity contribution in [3.8, 4) is 0 Å². The quantitative estimate of drug-likeness (QED) is 0.877. The SMILES string of the molecule is Cc1ccccc1CC(C)(C)NC(=O)[C@H]1CNC[C@@H]1c1cnn(C)c1. The molecule has 25 heavy (non-hydrogen) atoms. The van der Waals surface area contributed by atoms with Gasteiger partial charge in [-0.25, -0.2) is 0 Å². The van der Waals surface area contributed by atoms with Crippen LogP contribution in [0.3, 0.4) is 0 Å². The highest BCUT2D eigenvalue weighted by Gasteiger charge is 2.36. The molecule has 5 nitrogen and oxygen atoms in total. The van der Waals surface area contributed by atoms with Gasteiger partial charge in [0.2, 0.25) is 5.91 Å². The predicted molar refractivity (Wildman–Crippen MR) is 99.4 cm³/mol. The Morgan fingerprint density at radius 3 is 2.80 bits per heavy atom. The van der Waals surface area contributed by atoms with E-state index in [0.29, 0.717) is 6.54 Å². The standard InChI is InChI=1S/C20H28N4O/c1-14-7-5-6-8-15(14)9-20(2,3)23-19(25)18-12-21-11-17(18)16-10-22-24(4)13-16/h5-8,10,13,17-18,21H,9,11-12H2,1-4H3,(H,23,25)/t17-,18+/m1/s1. The number of aromatic nitrogens is 2. The Morgan fingerprint density at radius 2 is 2.12 bits per heavy atom. The van der Waals surface area contributed by atoms with Gasteiger partial charge in [-0.15, -0.1) is 0 Å². The number of benzene rings is 1. The molecule has 3 rings (SSSR count). The molecule has 1 saturated heterocycles. The van der Waals surface area contributed by atoms with Gasteiger partial charge in [0.05, 0.1) is 12.1 Å². The number of amides is 1. The number of nitrogens with one attached hydrogen (secondary N) is 2. The van der Waals surface area contributed by atoms with E-state index in [1.807, 2.05) is 25.5 Å². The van der Waals surface area contributed by atoms with E-state index in [0.717, 1.165) is 18.5 Å². The van der Waals surface area contributed by atoms with Crippen molar-refractivity contribution in [2.75, 3.05) is 13.1 Å². The molecular formula is C20H28N4O. The summed E-state index contributed by atoms with van der Waals surface area (Å²) in [4.78, 5) is 12.9. The van der Waals surface area contributed by atoms with Crippen LogP contribution in [0.25, 0.3) is 0 Å². The molecule has 2 aromatic rings. The lowest BCUT2D eigenvalue weighted by atomic mass is 9.87. The number of carbonyl (C=O) groups excluding carboxylic acids is 1. The van der Waals surface area contributed by atoms with Gasteiger partial charge in [0, 0.05) is 37.8 Å². The Morgan fingerprint density at radius 1 is 1.36 bits per heavy atom. The van der Waals surface area contributed by atoms with Gasteiger partial charge >= 0.3 is 0 Å². The van der Waals surface area contributed by atoms with E-state index in [4.69, 9.17) is 0 Å². The summed E-state index contributed by atoms with van der Waals surface area (Å²) < 4.78 is 1.80. The second-order valence-electron chi connectivity index (χ2n) is 7.79. The molecule has 1 aromatic carbocycles. The van der Waals surface area contributed by atoms with E-state index < -0.39 is 0 Å². The maximum Gasteiger partial charge on any atom is 0.225 e. The molecule has 1 aromatic heterocycles. The molecule has 1 fully saturated rings. The third kappa shape index (κ3) is 4.10. The maximum absolute atomic E-state index is 12.9. The minimum atomic E-state index is -0.286. The van der Waals surface area contributed by atoms with Crippen molar-refractivity contribution in [1.82, 2.24) is 20.4 Å². The van der Waals surface area contributed by atoms with E-state index in [1.165, 1.54) is 11.1 Å². The minimum Gasteiger partial charge on any atom is -0.351 e. The van der Waals surface area contributed by atoms with Crippen molar-refractivity contribution >= 4 is 5.91 Å². The summed E-state index contributed by atoms with van der Waals surface area (Å²) in [7, 11) is 1.91. The van der Waals surface area contributed by atoms with E-state index in [2.05, 4.69) is 54.7 Å². The van der Waals surface area contributed by atoms with Crippen LogP contribution in [-0.2, 0) is 18.3 Å². The van der Waals surface area contributed by atoms with Crippen LogP contribution >= 0.6 is 0 Å². The van der Waals surface area contributed by atoms with Gasteiger partial charge in [0.25, 0.3) is 0 Å². The fourth-order valence-corrected chi connectivity index (χ4v) is 3.69. The number of carbonyl (C=O) groups is 1. The van der Waals surface area contributed by atoms with E-state index >= 15 is 0 Å². The second kappa shape index (κ2) is 7.00. The van der Waals surface area contributed by atoms with E-state index in [-0.39, 0.29) is 23.3 Å². The van der Waals surface area contributed by atoms with Crippen molar-refractivity contribution < 1.29 is 4.79 Å². The third-order valence-electron chi connectivity index (χ3n) is 5.06. The van der Waals surface area contributed by atoms with Crippen LogP contribution in [0.1, 0.15) is 36.5 Å². The zero-order valence-corrected chi connectivity index (χ0v) is 15.5. The first kappa shape index (κ1) is 17.7. The lowest BCUT2D eigenvalue weighted by molar-refractivity contribution is -0.126. The summed E-state index contributed by atoms with van der Waals surface area (Å²) >= 11 is 0. The van der Waals surface area contributed by atoms with Gasteiger partial charge in [0.1, 0.15) is 0 Å². The van der Waals surface area contributed by atoms with E-state index in [1.54, 1.807) is 4.68 Å². The third-order valence-corrected chi connectivity index (χ3v) is 5.06. The van der Waals surface area contributed by atoms with Crippen molar-refractivity contribution in [2.24, 2.45) is 13.0 Å². The van der Waals surface area contributed by atoms with Crippen LogP contribution in [0.15, 0.2) is 36.7 Å². The number of aryl methyl sites for hydroxylation is 2. The van der Waals surface area contributed by atoms with Gasteiger partial charge in [-0.2, -0.15) is 5.10 Å². The largest absolute Gasteiger partial charge is 0.351 e. The van der Waals surface area contributed by atoms with E-state index in [9.17, 15) is 4.79 Å². The fraction of sp³-hybridized carbons (Fsp3) is 0.500. The second-order valence-corrected chi connectivity index (χ2v) is 7.79. The van der Waals surface area contributed by atoms with Crippen LogP contribution in [0.5, 0.6) is 0 Å². The van der Waals surface area contributed by atoms with Gasteiger partial charge in [0.15, 0.2) is 0 Å². The molecule has 2 atom stereocenters. The number of rotatable bonds is 5. The molecule has 0 saturated carbocycles. The van der Waals surface area contributed by atoms with Gasteiger partial charge in [-0.05, 0) is 43.9 Å². The summed E-state index contributed by atoms with van der Waals surface area (Å²) in [5.41, 5.74) is 3.39. The molecule has 1 aliphatic rings. The van der Waals surface area contributed by atoms with Gasteiger partial charge < -0.3 is 10.6 Å². The molecule has 2 N–H and O–H groups in total. The van der Waals surface area contributed by atoms with Crippen molar-refractivity contribution in [2.45, 2.75) is 38.6 Å². The Hall–Kier alpha value is -2.14. The Kier molecular flexibility index (Phi) is 4.95. The molecule has 1 aliphatic heterocycles. The first-order chi connectivity index (χ1) is 11.9. The molecule has 134 valence electrons. The molecule has 2 heterocycles. The highest BCUT2D eigenvalue weighted by atomic mass is 16.2. The molecular weight excluding hydrogens is 312 g/mol. The lowest BCUT2D eigenvalue weighted by Crippen LogP contribution is -2.48. The molecule has 5 heteroatoms. The summed E-state index contributed by atoms with van der Waals surface area (Å²) in [6.07, 6.45) is 4.70. The Labute approximate surface area is 149 Å². The molecule has 1 amide bonds. The first-order valence-electron chi connectivity index (χ1n) is 8.91. The van der Waals surface area contributed by atoms with Crippen LogP contribution in [0.4, 0.5) is 0 Å². The minimum absolute atomic E-state index is 0.0552. The number of hydrogen-bond acceptors (Lipinski definition) is 3. The highest BCUT2D eigenvalue weighted by molar-refractivity contribution is 5.81. The number of hydrogen-bond donors (Lipinski definition) is 2. The average molecular weight is 340 g/mol. The van der Waals surface area contributed by atoms with Crippen molar-refractivity contribution in [1.29, 1.82) is 0 Å².